The van der Waals surface area contributed by atoms with Crippen molar-refractivity contribution in [2.75, 3.05) is 11.5 Å². The standard InChI is InChI=1S/C11H13N3O4S/c12-10-6-19-5-8(10)3-7-1-2-9(13(15)16)4-11(7)14(17)18/h1-2,4,8,10H,3,5-6,12H2. The Labute approximate surface area is 113 Å². The predicted molar refractivity (Wildman–Crippen MR) is 72.2 cm³/mol. The molecule has 0 bridgehead atoms. The van der Waals surface area contributed by atoms with Crippen molar-refractivity contribution >= 4 is 23.1 Å². The maximum absolute atomic E-state index is 11.0. The van der Waals surface area contributed by atoms with Gasteiger partial charge in [0, 0.05) is 23.4 Å². The highest BCUT2D eigenvalue weighted by atomic mass is 32.2. The van der Waals surface area contributed by atoms with E-state index in [9.17, 15) is 20.2 Å². The van der Waals surface area contributed by atoms with E-state index in [0.717, 1.165) is 17.6 Å². The molecule has 2 N–H and O–H groups in total. The molecule has 1 aromatic rings. The van der Waals surface area contributed by atoms with Gasteiger partial charge in [-0.1, -0.05) is 0 Å². The monoisotopic (exact) mass is 283 g/mol. The van der Waals surface area contributed by atoms with Crippen molar-refractivity contribution in [1.29, 1.82) is 0 Å². The van der Waals surface area contributed by atoms with Gasteiger partial charge in [-0.05, 0) is 24.2 Å². The van der Waals surface area contributed by atoms with Crippen molar-refractivity contribution in [3.63, 3.8) is 0 Å². The molecule has 1 aliphatic heterocycles. The summed E-state index contributed by atoms with van der Waals surface area (Å²) in [4.78, 5) is 20.4. The van der Waals surface area contributed by atoms with Crippen molar-refractivity contribution in [3.8, 4) is 0 Å². The van der Waals surface area contributed by atoms with Crippen molar-refractivity contribution in [2.24, 2.45) is 11.7 Å². The van der Waals surface area contributed by atoms with Crippen LogP contribution >= 0.6 is 11.8 Å². The summed E-state index contributed by atoms with van der Waals surface area (Å²) in [6.07, 6.45) is 0.489. The molecule has 2 unspecified atom stereocenters. The Hall–Kier alpha value is -1.67. The Bertz CT molecular complexity index is 523. The van der Waals surface area contributed by atoms with Gasteiger partial charge >= 0.3 is 0 Å². The van der Waals surface area contributed by atoms with Crippen LogP contribution in [0.3, 0.4) is 0 Å². The third-order valence-electron chi connectivity index (χ3n) is 3.21. The summed E-state index contributed by atoms with van der Waals surface area (Å²) in [5.74, 6) is 1.91. The minimum Gasteiger partial charge on any atom is -0.327 e. The van der Waals surface area contributed by atoms with E-state index in [1.165, 1.54) is 12.1 Å². The Morgan fingerprint density at radius 1 is 1.26 bits per heavy atom. The predicted octanol–water partition coefficient (Wildman–Crippen LogP) is 1.74. The number of thioether (sulfide) groups is 1. The molecule has 19 heavy (non-hydrogen) atoms. The van der Waals surface area contributed by atoms with Crippen LogP contribution in [0.25, 0.3) is 0 Å². The van der Waals surface area contributed by atoms with Crippen molar-refractivity contribution in [3.05, 3.63) is 44.0 Å². The molecule has 0 amide bonds. The summed E-state index contributed by atoms with van der Waals surface area (Å²) < 4.78 is 0. The highest BCUT2D eigenvalue weighted by Gasteiger charge is 2.28. The first-order valence-corrected chi connectivity index (χ1v) is 6.89. The summed E-state index contributed by atoms with van der Waals surface area (Å²) >= 11 is 1.73. The molecule has 2 atom stereocenters. The molecule has 1 heterocycles. The molecule has 8 heteroatoms. The number of nitrogens with two attached hydrogens (primary N) is 1. The maximum Gasteiger partial charge on any atom is 0.279 e. The first-order chi connectivity index (χ1) is 8.99. The Kier molecular flexibility index (Phi) is 4.01. The third kappa shape index (κ3) is 3.02. The molecular weight excluding hydrogens is 270 g/mol. The first-order valence-electron chi connectivity index (χ1n) is 5.74. The van der Waals surface area contributed by atoms with Gasteiger partial charge in [-0.3, -0.25) is 20.2 Å². The normalized spacial score (nSPS) is 22.4. The fraction of sp³-hybridized carbons (Fsp3) is 0.455. The first kappa shape index (κ1) is 13.8. The van der Waals surface area contributed by atoms with Gasteiger partial charge in [0.1, 0.15) is 0 Å². The van der Waals surface area contributed by atoms with E-state index in [1.807, 2.05) is 0 Å². The quantitative estimate of drug-likeness (QED) is 0.665. The Morgan fingerprint density at radius 3 is 2.53 bits per heavy atom. The average molecular weight is 283 g/mol. The van der Waals surface area contributed by atoms with Gasteiger partial charge in [0.05, 0.1) is 15.9 Å². The summed E-state index contributed by atoms with van der Waals surface area (Å²) in [6, 6.07) is 3.81. The number of nitro groups is 2. The fourth-order valence-corrected chi connectivity index (χ4v) is 3.46. The maximum atomic E-state index is 11.0. The molecule has 0 radical (unpaired) electrons. The number of hydrogen-bond donors (Lipinski definition) is 1. The van der Waals surface area contributed by atoms with Crippen LogP contribution in [0, 0.1) is 26.1 Å². The lowest BCUT2D eigenvalue weighted by Crippen LogP contribution is -2.29. The van der Waals surface area contributed by atoms with E-state index < -0.39 is 9.85 Å². The number of hydrogen-bond acceptors (Lipinski definition) is 6. The molecule has 2 rings (SSSR count). The van der Waals surface area contributed by atoms with E-state index >= 15 is 0 Å². The lowest BCUT2D eigenvalue weighted by atomic mass is 9.94. The Balaban J connectivity index is 2.29. The number of rotatable bonds is 4. The van der Waals surface area contributed by atoms with Gasteiger partial charge in [0.25, 0.3) is 11.4 Å². The smallest absolute Gasteiger partial charge is 0.279 e. The van der Waals surface area contributed by atoms with E-state index in [0.29, 0.717) is 12.0 Å². The fourth-order valence-electron chi connectivity index (χ4n) is 2.12. The molecule has 1 fully saturated rings. The van der Waals surface area contributed by atoms with Gasteiger partial charge in [0.15, 0.2) is 0 Å². The molecular formula is C11H13N3O4S. The molecule has 1 aliphatic rings. The van der Waals surface area contributed by atoms with Crippen LogP contribution < -0.4 is 5.73 Å². The number of benzene rings is 1. The molecule has 102 valence electrons. The van der Waals surface area contributed by atoms with Gasteiger partial charge in [-0.15, -0.1) is 0 Å². The topological polar surface area (TPSA) is 112 Å². The SMILES string of the molecule is NC1CSCC1Cc1ccc([N+](=O)[O-])cc1[N+](=O)[O-]. The summed E-state index contributed by atoms with van der Waals surface area (Å²) in [6.45, 7) is 0. The van der Waals surface area contributed by atoms with Gasteiger partial charge in [0.2, 0.25) is 0 Å². The lowest BCUT2D eigenvalue weighted by molar-refractivity contribution is -0.394. The number of nitro benzene ring substituents is 2. The zero-order valence-electron chi connectivity index (χ0n) is 10.0. The van der Waals surface area contributed by atoms with E-state index in [-0.39, 0.29) is 23.3 Å². The molecule has 0 aliphatic carbocycles. The van der Waals surface area contributed by atoms with Crippen molar-refractivity contribution < 1.29 is 9.85 Å². The van der Waals surface area contributed by atoms with Crippen LogP contribution in [-0.2, 0) is 6.42 Å². The molecule has 0 saturated carbocycles. The lowest BCUT2D eigenvalue weighted by Gasteiger charge is -2.14. The minimum absolute atomic E-state index is 0.0276. The largest absolute Gasteiger partial charge is 0.327 e. The summed E-state index contributed by atoms with van der Waals surface area (Å²) in [7, 11) is 0. The van der Waals surface area contributed by atoms with Gasteiger partial charge in [-0.2, -0.15) is 11.8 Å². The minimum atomic E-state index is -0.631. The highest BCUT2D eigenvalue weighted by Crippen LogP contribution is 2.31. The summed E-state index contributed by atoms with van der Waals surface area (Å²) in [5, 5.41) is 21.6. The second-order valence-electron chi connectivity index (χ2n) is 4.49. The average Bonchev–Trinajstić information content (AvgIpc) is 2.75. The van der Waals surface area contributed by atoms with E-state index in [4.69, 9.17) is 5.73 Å². The van der Waals surface area contributed by atoms with E-state index in [2.05, 4.69) is 0 Å². The molecule has 1 saturated heterocycles. The number of non-ortho nitro benzene ring substituents is 1. The molecule has 0 aromatic heterocycles. The van der Waals surface area contributed by atoms with Crippen LogP contribution in [0.5, 0.6) is 0 Å². The van der Waals surface area contributed by atoms with Crippen molar-refractivity contribution in [1.82, 2.24) is 0 Å². The second kappa shape index (κ2) is 5.54. The van der Waals surface area contributed by atoms with Crippen molar-refractivity contribution in [2.45, 2.75) is 12.5 Å². The molecule has 1 aromatic carbocycles. The van der Waals surface area contributed by atoms with Gasteiger partial charge < -0.3 is 5.73 Å². The third-order valence-corrected chi connectivity index (χ3v) is 4.49. The second-order valence-corrected chi connectivity index (χ2v) is 5.57. The van der Waals surface area contributed by atoms with Gasteiger partial charge in [-0.25, -0.2) is 0 Å². The van der Waals surface area contributed by atoms with Crippen LogP contribution in [0.15, 0.2) is 18.2 Å². The van der Waals surface area contributed by atoms with Crippen LogP contribution in [0.4, 0.5) is 11.4 Å². The molecule has 7 nitrogen and oxygen atoms in total. The zero-order valence-corrected chi connectivity index (χ0v) is 10.8. The highest BCUT2D eigenvalue weighted by molar-refractivity contribution is 7.99. The Morgan fingerprint density at radius 2 is 2.00 bits per heavy atom. The van der Waals surface area contributed by atoms with Crippen LogP contribution in [0.2, 0.25) is 0 Å². The molecule has 0 spiro atoms. The van der Waals surface area contributed by atoms with Crippen LogP contribution in [-0.4, -0.2) is 27.4 Å². The van der Waals surface area contributed by atoms with Crippen LogP contribution in [0.1, 0.15) is 5.56 Å². The van der Waals surface area contributed by atoms with E-state index in [1.54, 1.807) is 11.8 Å². The summed E-state index contributed by atoms with van der Waals surface area (Å²) in [5.41, 5.74) is 5.99. The zero-order chi connectivity index (χ0) is 14.0. The number of nitrogens with zero attached hydrogens (tertiary/aromatic N) is 2.